The third-order valence-corrected chi connectivity index (χ3v) is 5.41. The third kappa shape index (κ3) is 3.99. The van der Waals surface area contributed by atoms with Crippen molar-refractivity contribution in [3.8, 4) is 17.1 Å². The maximum atomic E-state index is 12.7. The largest absolute Gasteiger partial charge is 0.337 e. The summed E-state index contributed by atoms with van der Waals surface area (Å²) < 4.78 is 7.91. The monoisotopic (exact) mass is 420 g/mol. The van der Waals surface area contributed by atoms with Gasteiger partial charge < -0.3 is 4.52 Å². The summed E-state index contributed by atoms with van der Waals surface area (Å²) in [5, 5.41) is 3.98. The van der Waals surface area contributed by atoms with Gasteiger partial charge in [-0.05, 0) is 67.6 Å². The van der Waals surface area contributed by atoms with E-state index in [-0.39, 0.29) is 12.4 Å². The number of aryl methyl sites for hydroxylation is 2. The van der Waals surface area contributed by atoms with E-state index < -0.39 is 11.1 Å². The van der Waals surface area contributed by atoms with E-state index in [2.05, 4.69) is 10.1 Å². The van der Waals surface area contributed by atoms with Crippen molar-refractivity contribution in [2.45, 2.75) is 25.3 Å². The number of rotatable bonds is 5. The standard InChI is InChI=1S/C22H20N4O3S/c1-14-10-15(2)12-17(11-14)26-9-8-25(21(27)22(26)28)13-19-23-20(24-29-19)16-4-6-18(30-3)7-5-16/h4-12H,13H2,1-3H3. The lowest BCUT2D eigenvalue weighted by Crippen LogP contribution is -2.40. The van der Waals surface area contributed by atoms with Gasteiger partial charge in [-0.1, -0.05) is 11.2 Å². The molecule has 0 fully saturated rings. The molecule has 4 rings (SSSR count). The van der Waals surface area contributed by atoms with Crippen molar-refractivity contribution in [1.29, 1.82) is 0 Å². The van der Waals surface area contributed by atoms with Crippen molar-refractivity contribution < 1.29 is 4.52 Å². The maximum Gasteiger partial charge on any atom is 0.320 e. The van der Waals surface area contributed by atoms with Gasteiger partial charge in [-0.2, -0.15) is 4.98 Å². The lowest BCUT2D eigenvalue weighted by Gasteiger charge is -2.09. The van der Waals surface area contributed by atoms with Gasteiger partial charge in [0.15, 0.2) is 0 Å². The predicted molar refractivity (Wildman–Crippen MR) is 116 cm³/mol. The second kappa shape index (κ2) is 8.16. The van der Waals surface area contributed by atoms with E-state index in [0.29, 0.717) is 11.5 Å². The summed E-state index contributed by atoms with van der Waals surface area (Å²) in [6, 6.07) is 13.5. The molecule has 30 heavy (non-hydrogen) atoms. The van der Waals surface area contributed by atoms with Crippen LogP contribution in [0.25, 0.3) is 17.1 Å². The number of aromatic nitrogens is 4. The molecule has 0 aliphatic rings. The lowest BCUT2D eigenvalue weighted by molar-refractivity contribution is 0.369. The molecule has 0 N–H and O–H groups in total. The SMILES string of the molecule is CSc1ccc(-c2noc(Cn3ccn(-c4cc(C)cc(C)c4)c(=O)c3=O)n2)cc1. The Labute approximate surface area is 177 Å². The molecule has 0 radical (unpaired) electrons. The van der Waals surface area contributed by atoms with Crippen LogP contribution < -0.4 is 11.1 Å². The van der Waals surface area contributed by atoms with Crippen LogP contribution in [0.5, 0.6) is 0 Å². The van der Waals surface area contributed by atoms with Crippen molar-refractivity contribution in [3.63, 3.8) is 0 Å². The van der Waals surface area contributed by atoms with Crippen molar-refractivity contribution in [2.75, 3.05) is 6.26 Å². The maximum absolute atomic E-state index is 12.7. The van der Waals surface area contributed by atoms with E-state index in [1.165, 1.54) is 9.13 Å². The fourth-order valence-electron chi connectivity index (χ4n) is 3.25. The van der Waals surface area contributed by atoms with E-state index >= 15 is 0 Å². The molecular formula is C22H20N4O3S. The fraction of sp³-hybridized carbons (Fsp3) is 0.182. The molecule has 0 bridgehead atoms. The Bertz CT molecular complexity index is 1300. The topological polar surface area (TPSA) is 82.9 Å². The summed E-state index contributed by atoms with van der Waals surface area (Å²) in [4.78, 5) is 30.8. The third-order valence-electron chi connectivity index (χ3n) is 4.66. The van der Waals surface area contributed by atoms with E-state index in [1.54, 1.807) is 24.2 Å². The van der Waals surface area contributed by atoms with Crippen molar-refractivity contribution >= 4 is 11.8 Å². The summed E-state index contributed by atoms with van der Waals surface area (Å²) in [5.74, 6) is 0.693. The molecule has 0 unspecified atom stereocenters. The number of nitrogens with zero attached hydrogens (tertiary/aromatic N) is 4. The minimum Gasteiger partial charge on any atom is -0.337 e. The Morgan fingerprint density at radius 2 is 1.67 bits per heavy atom. The van der Waals surface area contributed by atoms with Gasteiger partial charge in [0.1, 0.15) is 6.54 Å². The zero-order valence-corrected chi connectivity index (χ0v) is 17.6. The van der Waals surface area contributed by atoms with E-state index in [1.807, 2.05) is 62.6 Å². The lowest BCUT2D eigenvalue weighted by atomic mass is 10.1. The highest BCUT2D eigenvalue weighted by atomic mass is 32.2. The van der Waals surface area contributed by atoms with Crippen molar-refractivity contribution in [3.05, 3.63) is 92.6 Å². The second-order valence-electron chi connectivity index (χ2n) is 6.99. The first-order valence-electron chi connectivity index (χ1n) is 9.32. The van der Waals surface area contributed by atoms with Crippen LogP contribution in [0.4, 0.5) is 0 Å². The van der Waals surface area contributed by atoms with Crippen molar-refractivity contribution in [1.82, 2.24) is 19.3 Å². The van der Waals surface area contributed by atoms with Crippen LogP contribution in [0.3, 0.4) is 0 Å². The smallest absolute Gasteiger partial charge is 0.320 e. The fourth-order valence-corrected chi connectivity index (χ4v) is 3.66. The Morgan fingerprint density at radius 3 is 2.33 bits per heavy atom. The molecule has 4 aromatic rings. The second-order valence-corrected chi connectivity index (χ2v) is 7.87. The summed E-state index contributed by atoms with van der Waals surface area (Å²) >= 11 is 1.65. The first kappa shape index (κ1) is 19.9. The van der Waals surface area contributed by atoms with Gasteiger partial charge in [0.05, 0.1) is 0 Å². The molecule has 0 amide bonds. The Balaban J connectivity index is 1.61. The molecule has 7 nitrogen and oxygen atoms in total. The molecule has 0 saturated carbocycles. The van der Waals surface area contributed by atoms with Crippen molar-refractivity contribution in [2.24, 2.45) is 0 Å². The number of benzene rings is 2. The van der Waals surface area contributed by atoms with Gasteiger partial charge in [-0.25, -0.2) is 0 Å². The number of hydrogen-bond donors (Lipinski definition) is 0. The van der Waals surface area contributed by atoms with E-state index in [9.17, 15) is 9.59 Å². The van der Waals surface area contributed by atoms with Gasteiger partial charge in [0.2, 0.25) is 11.7 Å². The van der Waals surface area contributed by atoms with Crippen LogP contribution in [0.2, 0.25) is 0 Å². The van der Waals surface area contributed by atoms with Gasteiger partial charge in [-0.15, -0.1) is 11.8 Å². The Kier molecular flexibility index (Phi) is 5.41. The summed E-state index contributed by atoms with van der Waals surface area (Å²) in [7, 11) is 0. The molecule has 0 aliphatic heterocycles. The van der Waals surface area contributed by atoms with E-state index in [0.717, 1.165) is 21.6 Å². The zero-order chi connectivity index (χ0) is 21.3. The average Bonchev–Trinajstić information content (AvgIpc) is 3.19. The molecule has 2 heterocycles. The average molecular weight is 420 g/mol. The van der Waals surface area contributed by atoms with Crippen LogP contribution in [0.1, 0.15) is 17.0 Å². The zero-order valence-electron chi connectivity index (χ0n) is 16.8. The van der Waals surface area contributed by atoms with Crippen LogP contribution in [0.15, 0.2) is 73.9 Å². The van der Waals surface area contributed by atoms with Gasteiger partial charge in [0, 0.05) is 28.5 Å². The van der Waals surface area contributed by atoms with Crippen LogP contribution >= 0.6 is 11.8 Å². The predicted octanol–water partition coefficient (Wildman–Crippen LogP) is 3.44. The molecule has 2 aromatic heterocycles. The molecule has 2 aromatic carbocycles. The van der Waals surface area contributed by atoms with Crippen LogP contribution in [-0.4, -0.2) is 25.5 Å². The highest BCUT2D eigenvalue weighted by Gasteiger charge is 2.13. The molecule has 0 atom stereocenters. The summed E-state index contributed by atoms with van der Waals surface area (Å²) in [5.41, 5.74) is 2.24. The minimum absolute atomic E-state index is 0.0255. The highest BCUT2D eigenvalue weighted by molar-refractivity contribution is 7.98. The molecule has 0 saturated heterocycles. The van der Waals surface area contributed by atoms with Crippen LogP contribution in [-0.2, 0) is 6.54 Å². The Morgan fingerprint density at radius 1 is 0.967 bits per heavy atom. The first-order valence-corrected chi connectivity index (χ1v) is 10.5. The molecule has 0 aliphatic carbocycles. The molecular weight excluding hydrogens is 400 g/mol. The van der Waals surface area contributed by atoms with Gasteiger partial charge in [0.25, 0.3) is 0 Å². The summed E-state index contributed by atoms with van der Waals surface area (Å²) in [6.45, 7) is 3.92. The first-order chi connectivity index (χ1) is 14.4. The summed E-state index contributed by atoms with van der Waals surface area (Å²) in [6.07, 6.45) is 5.14. The molecule has 0 spiro atoms. The minimum atomic E-state index is -0.652. The van der Waals surface area contributed by atoms with E-state index in [4.69, 9.17) is 4.52 Å². The highest BCUT2D eigenvalue weighted by Crippen LogP contribution is 2.21. The molecule has 8 heteroatoms. The normalized spacial score (nSPS) is 11.0. The van der Waals surface area contributed by atoms with Crippen LogP contribution in [0, 0.1) is 13.8 Å². The van der Waals surface area contributed by atoms with Gasteiger partial charge >= 0.3 is 11.1 Å². The quantitative estimate of drug-likeness (QED) is 0.363. The molecule has 152 valence electrons. The van der Waals surface area contributed by atoms with Gasteiger partial charge in [-0.3, -0.25) is 18.7 Å². The number of hydrogen-bond acceptors (Lipinski definition) is 6. The number of thioether (sulfide) groups is 1. The Hall–Kier alpha value is -3.39.